The highest BCUT2D eigenvalue weighted by Crippen LogP contribution is 2.47. The van der Waals surface area contributed by atoms with Gasteiger partial charge in [-0.1, -0.05) is 0 Å². The lowest BCUT2D eigenvalue weighted by Gasteiger charge is -2.18. The van der Waals surface area contributed by atoms with Crippen LogP contribution in [0.3, 0.4) is 0 Å². The molecule has 15 heavy (non-hydrogen) atoms. The van der Waals surface area contributed by atoms with Gasteiger partial charge < -0.3 is 5.11 Å². The molecule has 0 spiro atoms. The largest absolute Gasteiger partial charge is 0.481 e. The molecule has 2 atom stereocenters. The van der Waals surface area contributed by atoms with Crippen molar-refractivity contribution in [2.75, 3.05) is 0 Å². The van der Waals surface area contributed by atoms with Crippen molar-refractivity contribution in [2.45, 2.75) is 38.6 Å². The normalized spacial score (nSPS) is 25.3. The van der Waals surface area contributed by atoms with E-state index in [2.05, 4.69) is 25.9 Å². The Morgan fingerprint density at radius 1 is 1.60 bits per heavy atom. The first-order valence-electron chi connectivity index (χ1n) is 5.17. The summed E-state index contributed by atoms with van der Waals surface area (Å²) in [4.78, 5) is 10.7. The Morgan fingerprint density at radius 3 is 2.67 bits per heavy atom. The van der Waals surface area contributed by atoms with Crippen molar-refractivity contribution in [3.05, 3.63) is 18.0 Å². The smallest absolute Gasteiger partial charge is 0.307 e. The van der Waals surface area contributed by atoms with Crippen molar-refractivity contribution in [1.82, 2.24) is 9.78 Å². The van der Waals surface area contributed by atoms with E-state index in [0.717, 1.165) is 12.0 Å². The van der Waals surface area contributed by atoms with Crippen LogP contribution in [0.1, 0.15) is 38.7 Å². The molecule has 0 aliphatic heterocycles. The summed E-state index contributed by atoms with van der Waals surface area (Å²) in [5.74, 6) is -0.704. The number of rotatable bonds is 2. The fourth-order valence-electron chi connectivity index (χ4n) is 1.73. The van der Waals surface area contributed by atoms with Crippen molar-refractivity contribution < 1.29 is 9.90 Å². The predicted octanol–water partition coefficient (Wildman–Crippen LogP) is 1.83. The summed E-state index contributed by atoms with van der Waals surface area (Å²) >= 11 is 0. The van der Waals surface area contributed by atoms with E-state index < -0.39 is 5.97 Å². The molecule has 1 saturated carbocycles. The van der Waals surface area contributed by atoms with E-state index in [9.17, 15) is 4.79 Å². The fourth-order valence-corrected chi connectivity index (χ4v) is 1.73. The van der Waals surface area contributed by atoms with Crippen LogP contribution in [0, 0.1) is 5.92 Å². The highest BCUT2D eigenvalue weighted by atomic mass is 16.4. The van der Waals surface area contributed by atoms with Gasteiger partial charge in [0.25, 0.3) is 0 Å². The average molecular weight is 208 g/mol. The lowest BCUT2D eigenvalue weighted by atomic mass is 10.1. The van der Waals surface area contributed by atoms with E-state index in [4.69, 9.17) is 5.11 Å². The molecular formula is C11H16N2O2. The van der Waals surface area contributed by atoms with Crippen molar-refractivity contribution >= 4 is 5.97 Å². The van der Waals surface area contributed by atoms with E-state index >= 15 is 0 Å². The first kappa shape index (κ1) is 10.2. The van der Waals surface area contributed by atoms with Crippen LogP contribution in [-0.2, 0) is 10.3 Å². The minimum Gasteiger partial charge on any atom is -0.481 e. The minimum absolute atomic E-state index is 0.0359. The molecule has 0 saturated heterocycles. The van der Waals surface area contributed by atoms with Crippen molar-refractivity contribution in [3.8, 4) is 0 Å². The Bertz CT molecular complexity index is 390. The van der Waals surface area contributed by atoms with Gasteiger partial charge in [0.1, 0.15) is 0 Å². The van der Waals surface area contributed by atoms with Crippen molar-refractivity contribution in [1.29, 1.82) is 0 Å². The molecule has 4 heteroatoms. The van der Waals surface area contributed by atoms with E-state index in [0.29, 0.717) is 0 Å². The molecule has 0 radical (unpaired) electrons. The van der Waals surface area contributed by atoms with E-state index in [1.807, 2.05) is 10.9 Å². The SMILES string of the molecule is CC(C)(C)n1cc(C2CC2C(=O)O)cn1. The number of aromatic nitrogens is 2. The fraction of sp³-hybridized carbons (Fsp3) is 0.636. The van der Waals surface area contributed by atoms with Crippen LogP contribution in [0.25, 0.3) is 0 Å². The summed E-state index contributed by atoms with van der Waals surface area (Å²) in [5.41, 5.74) is 1.02. The number of aliphatic carboxylic acids is 1. The molecule has 1 N–H and O–H groups in total. The summed E-state index contributed by atoms with van der Waals surface area (Å²) < 4.78 is 1.89. The van der Waals surface area contributed by atoms with E-state index in [1.165, 1.54) is 0 Å². The number of nitrogens with zero attached hydrogens (tertiary/aromatic N) is 2. The summed E-state index contributed by atoms with van der Waals surface area (Å²) in [5, 5.41) is 13.1. The third-order valence-corrected chi connectivity index (χ3v) is 2.83. The molecule has 4 nitrogen and oxygen atoms in total. The standard InChI is InChI=1S/C11H16N2O2/c1-11(2,3)13-6-7(5-12-13)8-4-9(8)10(14)15/h5-6,8-9H,4H2,1-3H3,(H,14,15). The second-order valence-corrected chi connectivity index (χ2v) is 5.18. The Morgan fingerprint density at radius 2 is 2.27 bits per heavy atom. The van der Waals surface area contributed by atoms with Gasteiger partial charge in [-0.2, -0.15) is 5.10 Å². The van der Waals surface area contributed by atoms with Gasteiger partial charge in [0, 0.05) is 12.1 Å². The van der Waals surface area contributed by atoms with Gasteiger partial charge in [-0.15, -0.1) is 0 Å². The van der Waals surface area contributed by atoms with Gasteiger partial charge in [0.2, 0.25) is 0 Å². The van der Waals surface area contributed by atoms with Crippen LogP contribution in [-0.4, -0.2) is 20.9 Å². The maximum atomic E-state index is 10.7. The first-order valence-corrected chi connectivity index (χ1v) is 5.17. The second kappa shape index (κ2) is 3.08. The lowest BCUT2D eigenvalue weighted by Crippen LogP contribution is -2.21. The van der Waals surface area contributed by atoms with Crippen LogP contribution < -0.4 is 0 Å². The predicted molar refractivity (Wildman–Crippen MR) is 55.7 cm³/mol. The first-order chi connectivity index (χ1) is 6.89. The summed E-state index contributed by atoms with van der Waals surface area (Å²) in [6, 6.07) is 0. The quantitative estimate of drug-likeness (QED) is 0.806. The van der Waals surface area contributed by atoms with Crippen LogP contribution in [0.5, 0.6) is 0 Å². The monoisotopic (exact) mass is 208 g/mol. The van der Waals surface area contributed by atoms with Crippen LogP contribution in [0.4, 0.5) is 0 Å². The highest BCUT2D eigenvalue weighted by molar-refractivity contribution is 5.75. The van der Waals surface area contributed by atoms with Gasteiger partial charge in [-0.05, 0) is 32.8 Å². The summed E-state index contributed by atoms with van der Waals surface area (Å²) in [6.45, 7) is 6.22. The Balaban J connectivity index is 2.13. The zero-order chi connectivity index (χ0) is 11.2. The lowest BCUT2D eigenvalue weighted by molar-refractivity contribution is -0.138. The molecule has 1 aromatic rings. The number of carboxylic acids is 1. The molecule has 0 amide bonds. The molecule has 1 heterocycles. The Hall–Kier alpha value is -1.32. The average Bonchev–Trinajstić information content (AvgIpc) is 2.74. The molecule has 1 fully saturated rings. The third-order valence-electron chi connectivity index (χ3n) is 2.83. The van der Waals surface area contributed by atoms with Crippen LogP contribution in [0.2, 0.25) is 0 Å². The number of hydrogen-bond donors (Lipinski definition) is 1. The van der Waals surface area contributed by atoms with Crippen LogP contribution in [0.15, 0.2) is 12.4 Å². The minimum atomic E-state index is -0.691. The Kier molecular flexibility index (Phi) is 2.10. The van der Waals surface area contributed by atoms with E-state index in [-0.39, 0.29) is 17.4 Å². The van der Waals surface area contributed by atoms with Gasteiger partial charge in [0.15, 0.2) is 0 Å². The molecule has 82 valence electrons. The zero-order valence-corrected chi connectivity index (χ0v) is 9.27. The molecule has 2 unspecified atom stereocenters. The molecule has 0 bridgehead atoms. The van der Waals surface area contributed by atoms with Crippen molar-refractivity contribution in [2.24, 2.45) is 5.92 Å². The zero-order valence-electron chi connectivity index (χ0n) is 9.27. The van der Waals surface area contributed by atoms with Gasteiger partial charge in [-0.25, -0.2) is 0 Å². The molecule has 0 aromatic carbocycles. The number of carboxylic acid groups (broad SMARTS) is 1. The molecule has 1 aliphatic carbocycles. The number of carbonyl (C=O) groups is 1. The molecule has 1 aromatic heterocycles. The topological polar surface area (TPSA) is 55.1 Å². The Labute approximate surface area is 88.9 Å². The van der Waals surface area contributed by atoms with E-state index in [1.54, 1.807) is 6.20 Å². The van der Waals surface area contributed by atoms with Gasteiger partial charge in [-0.3, -0.25) is 9.48 Å². The maximum Gasteiger partial charge on any atom is 0.307 e. The van der Waals surface area contributed by atoms with Gasteiger partial charge >= 0.3 is 5.97 Å². The van der Waals surface area contributed by atoms with Gasteiger partial charge in [0.05, 0.1) is 17.7 Å². The summed E-state index contributed by atoms with van der Waals surface area (Å²) in [7, 11) is 0. The second-order valence-electron chi connectivity index (χ2n) is 5.18. The number of hydrogen-bond acceptors (Lipinski definition) is 2. The summed E-state index contributed by atoms with van der Waals surface area (Å²) in [6.07, 6.45) is 4.51. The molecule has 1 aliphatic rings. The molecular weight excluding hydrogens is 192 g/mol. The maximum absolute atomic E-state index is 10.7. The third kappa shape index (κ3) is 1.89. The highest BCUT2D eigenvalue weighted by Gasteiger charge is 2.45. The van der Waals surface area contributed by atoms with Crippen LogP contribution >= 0.6 is 0 Å². The molecule has 2 rings (SSSR count). The van der Waals surface area contributed by atoms with Crippen molar-refractivity contribution in [3.63, 3.8) is 0 Å².